The van der Waals surface area contributed by atoms with Gasteiger partial charge in [-0.2, -0.15) is 25.4 Å². The fourth-order valence-corrected chi connectivity index (χ4v) is 4.46. The number of aromatic amines is 1. The Bertz CT molecular complexity index is 1720. The molecule has 0 aliphatic heterocycles. The van der Waals surface area contributed by atoms with E-state index < -0.39 is 28.6 Å². The number of carbonyl (C=O) groups excluding carboxylic acids is 1. The summed E-state index contributed by atoms with van der Waals surface area (Å²) in [5, 5.41) is 12.6. The summed E-state index contributed by atoms with van der Waals surface area (Å²) in [6.07, 6.45) is 1.37. The molecule has 3 N–H and O–H groups in total. The quantitative estimate of drug-likeness (QED) is 0.155. The van der Waals surface area contributed by atoms with Gasteiger partial charge in [-0.3, -0.25) is 4.79 Å². The molecule has 0 saturated heterocycles. The minimum absolute atomic E-state index is 0.0259. The molecule has 15 heteroatoms. The van der Waals surface area contributed by atoms with Crippen molar-refractivity contribution in [1.82, 2.24) is 25.4 Å². The number of methoxy groups -OCH3 is 2. The van der Waals surface area contributed by atoms with Crippen molar-refractivity contribution in [2.75, 3.05) is 19.5 Å². The van der Waals surface area contributed by atoms with Crippen molar-refractivity contribution in [1.29, 1.82) is 0 Å². The number of halogens is 1. The SMILES string of the molecule is COc1ccc(COc2nc(CS(=O)O)nc(OCc3ccc(OC)cc3)c2C(=O)Nc2ccc(-c3cn[nH]n3)c(F)c2)cc1. The molecule has 0 saturated carbocycles. The topological polar surface area (TPSA) is 171 Å². The van der Waals surface area contributed by atoms with E-state index in [0.29, 0.717) is 17.2 Å². The van der Waals surface area contributed by atoms with Crippen molar-refractivity contribution in [3.05, 3.63) is 101 Å². The molecule has 1 amide bonds. The van der Waals surface area contributed by atoms with Gasteiger partial charge < -0.3 is 28.8 Å². The van der Waals surface area contributed by atoms with E-state index in [1.807, 2.05) is 0 Å². The monoisotopic (exact) mass is 634 g/mol. The molecule has 2 heterocycles. The standard InChI is InChI=1S/C30H27FN6O7S/c1-41-21-8-3-18(4-9-21)15-43-29-27(28(38)33-20-7-12-23(24(31)13-20)25-14-32-37-36-25)30(35-26(34-29)17-45(39)40)44-16-19-5-10-22(42-2)11-6-19/h3-14H,15-17H2,1-2H3,(H,33,38)(H,39,40)(H,32,36,37). The van der Waals surface area contributed by atoms with E-state index in [1.54, 1.807) is 62.8 Å². The van der Waals surface area contributed by atoms with Crippen molar-refractivity contribution in [3.8, 4) is 34.5 Å². The van der Waals surface area contributed by atoms with Gasteiger partial charge in [0.1, 0.15) is 42.0 Å². The maximum absolute atomic E-state index is 14.9. The third-order valence-electron chi connectivity index (χ3n) is 6.36. The Morgan fingerprint density at radius 1 is 0.911 bits per heavy atom. The lowest BCUT2D eigenvalue weighted by Crippen LogP contribution is -2.19. The summed E-state index contributed by atoms with van der Waals surface area (Å²) >= 11 is -2.30. The van der Waals surface area contributed by atoms with Gasteiger partial charge in [-0.25, -0.2) is 8.60 Å². The second-order valence-electron chi connectivity index (χ2n) is 9.37. The Kier molecular flexibility index (Phi) is 9.91. The van der Waals surface area contributed by atoms with Crippen molar-refractivity contribution in [3.63, 3.8) is 0 Å². The zero-order chi connectivity index (χ0) is 31.8. The third kappa shape index (κ3) is 7.95. The molecule has 45 heavy (non-hydrogen) atoms. The summed E-state index contributed by atoms with van der Waals surface area (Å²) in [6, 6.07) is 18.1. The van der Waals surface area contributed by atoms with E-state index in [1.165, 1.54) is 18.3 Å². The van der Waals surface area contributed by atoms with Crippen LogP contribution in [0.3, 0.4) is 0 Å². The Hall–Kier alpha value is -5.41. The lowest BCUT2D eigenvalue weighted by atomic mass is 10.1. The summed E-state index contributed by atoms with van der Waals surface area (Å²) < 4.78 is 58.5. The first-order valence-electron chi connectivity index (χ1n) is 13.3. The highest BCUT2D eigenvalue weighted by Crippen LogP contribution is 2.30. The normalized spacial score (nSPS) is 11.5. The average molecular weight is 635 g/mol. The Morgan fingerprint density at radius 3 is 1.96 bits per heavy atom. The molecule has 0 aliphatic carbocycles. The Labute approximate surface area is 259 Å². The van der Waals surface area contributed by atoms with Crippen LogP contribution in [0.25, 0.3) is 11.3 Å². The van der Waals surface area contributed by atoms with Crippen LogP contribution in [0.15, 0.2) is 72.9 Å². The van der Waals surface area contributed by atoms with Crippen LogP contribution < -0.4 is 24.3 Å². The van der Waals surface area contributed by atoms with Crippen LogP contribution in [0.5, 0.6) is 23.3 Å². The van der Waals surface area contributed by atoms with E-state index in [-0.39, 0.29) is 47.6 Å². The predicted octanol–water partition coefficient (Wildman–Crippen LogP) is 4.55. The highest BCUT2D eigenvalue weighted by atomic mass is 32.2. The van der Waals surface area contributed by atoms with Crippen LogP contribution >= 0.6 is 0 Å². The van der Waals surface area contributed by atoms with E-state index >= 15 is 0 Å². The van der Waals surface area contributed by atoms with Gasteiger partial charge in [0.15, 0.2) is 22.5 Å². The second kappa shape index (κ2) is 14.4. The molecule has 3 aromatic carbocycles. The first-order chi connectivity index (χ1) is 21.8. The number of aromatic nitrogens is 5. The lowest BCUT2D eigenvalue weighted by Gasteiger charge is -2.16. The highest BCUT2D eigenvalue weighted by Gasteiger charge is 2.26. The van der Waals surface area contributed by atoms with Gasteiger partial charge in [-0.05, 0) is 53.6 Å². The van der Waals surface area contributed by atoms with Crippen LogP contribution in [0.4, 0.5) is 10.1 Å². The first-order valence-corrected chi connectivity index (χ1v) is 14.6. The predicted molar refractivity (Wildman–Crippen MR) is 161 cm³/mol. The summed E-state index contributed by atoms with van der Waals surface area (Å²) in [5.74, 6) is -1.08. The maximum Gasteiger partial charge on any atom is 0.266 e. The Balaban J connectivity index is 1.49. The smallest absolute Gasteiger partial charge is 0.266 e. The number of rotatable bonds is 13. The van der Waals surface area contributed by atoms with Crippen LogP contribution in [0.2, 0.25) is 0 Å². The molecular formula is C30H27FN6O7S. The fourth-order valence-electron chi connectivity index (χ4n) is 4.11. The number of amides is 1. The van der Waals surface area contributed by atoms with E-state index in [2.05, 4.69) is 30.7 Å². The summed E-state index contributed by atoms with van der Waals surface area (Å²) in [6.45, 7) is -0.0518. The number of H-pyrrole nitrogens is 1. The van der Waals surface area contributed by atoms with Crippen LogP contribution in [-0.2, 0) is 30.0 Å². The molecule has 0 fully saturated rings. The molecule has 5 rings (SSSR count). The van der Waals surface area contributed by atoms with Gasteiger partial charge in [-0.1, -0.05) is 24.3 Å². The molecule has 0 bridgehead atoms. The fraction of sp³-hybridized carbons (Fsp3) is 0.167. The molecule has 2 aromatic heterocycles. The van der Waals surface area contributed by atoms with Crippen LogP contribution in [0, 0.1) is 5.82 Å². The summed E-state index contributed by atoms with van der Waals surface area (Å²) in [7, 11) is 3.09. The summed E-state index contributed by atoms with van der Waals surface area (Å²) in [5.41, 5.74) is 1.83. The highest BCUT2D eigenvalue weighted by molar-refractivity contribution is 7.78. The van der Waals surface area contributed by atoms with E-state index in [0.717, 1.165) is 17.2 Å². The minimum atomic E-state index is -2.30. The van der Waals surface area contributed by atoms with Crippen LogP contribution in [-0.4, -0.2) is 54.3 Å². The van der Waals surface area contributed by atoms with Crippen molar-refractivity contribution >= 4 is 22.7 Å². The van der Waals surface area contributed by atoms with Gasteiger partial charge in [0.05, 0.1) is 20.4 Å². The second-order valence-corrected chi connectivity index (χ2v) is 10.3. The van der Waals surface area contributed by atoms with Crippen molar-refractivity contribution < 1.29 is 36.9 Å². The number of hydrogen-bond donors (Lipinski definition) is 3. The number of carbonyl (C=O) groups is 1. The van der Waals surface area contributed by atoms with Gasteiger partial charge in [-0.15, -0.1) is 0 Å². The zero-order valence-corrected chi connectivity index (χ0v) is 24.8. The molecule has 13 nitrogen and oxygen atoms in total. The number of nitrogens with one attached hydrogen (secondary N) is 2. The number of anilines is 1. The van der Waals surface area contributed by atoms with E-state index in [9.17, 15) is 17.9 Å². The maximum atomic E-state index is 14.9. The molecule has 0 aliphatic rings. The lowest BCUT2D eigenvalue weighted by molar-refractivity contribution is 0.101. The summed E-state index contributed by atoms with van der Waals surface area (Å²) in [4.78, 5) is 22.3. The number of nitrogens with zero attached hydrogens (tertiary/aromatic N) is 4. The number of ether oxygens (including phenoxy) is 4. The molecular weight excluding hydrogens is 607 g/mol. The number of hydrogen-bond acceptors (Lipinski definition) is 10. The molecule has 232 valence electrons. The van der Waals surface area contributed by atoms with Gasteiger partial charge in [0.25, 0.3) is 5.91 Å². The average Bonchev–Trinajstić information content (AvgIpc) is 3.57. The molecule has 1 unspecified atom stereocenters. The van der Waals surface area contributed by atoms with Crippen LogP contribution in [0.1, 0.15) is 27.3 Å². The molecule has 1 atom stereocenters. The van der Waals surface area contributed by atoms with E-state index in [4.69, 9.17) is 18.9 Å². The number of benzene rings is 3. The Morgan fingerprint density at radius 2 is 1.49 bits per heavy atom. The van der Waals surface area contributed by atoms with Crippen molar-refractivity contribution in [2.45, 2.75) is 19.0 Å². The molecule has 5 aromatic rings. The van der Waals surface area contributed by atoms with Crippen molar-refractivity contribution in [2.24, 2.45) is 0 Å². The molecule has 0 radical (unpaired) electrons. The van der Waals surface area contributed by atoms with Gasteiger partial charge in [0, 0.05) is 11.3 Å². The minimum Gasteiger partial charge on any atom is -0.497 e. The van der Waals surface area contributed by atoms with Gasteiger partial charge >= 0.3 is 0 Å². The van der Waals surface area contributed by atoms with Gasteiger partial charge in [0.2, 0.25) is 11.8 Å². The first kappa shape index (κ1) is 31.0. The zero-order valence-electron chi connectivity index (χ0n) is 24.0. The third-order valence-corrected chi connectivity index (χ3v) is 6.86. The largest absolute Gasteiger partial charge is 0.497 e. The molecule has 0 spiro atoms.